The van der Waals surface area contributed by atoms with Crippen molar-refractivity contribution in [3.8, 4) is 5.75 Å². The maximum atomic E-state index is 13.4. The Morgan fingerprint density at radius 1 is 1.19 bits per heavy atom. The highest BCUT2D eigenvalue weighted by molar-refractivity contribution is 6.32. The average Bonchev–Trinajstić information content (AvgIpc) is 3.07. The Morgan fingerprint density at radius 2 is 1.86 bits per heavy atom. The number of carbonyl (C=O) groups excluding carboxylic acids is 1. The molecular formula is C27H39ClN4O4. The number of aromatic nitrogens is 2. The van der Waals surface area contributed by atoms with Crippen molar-refractivity contribution in [3.63, 3.8) is 0 Å². The first kappa shape index (κ1) is 26.9. The molecule has 1 amide bonds. The lowest BCUT2D eigenvalue weighted by atomic mass is 9.95. The first-order valence-corrected chi connectivity index (χ1v) is 13.2. The van der Waals surface area contributed by atoms with Gasteiger partial charge in [-0.05, 0) is 63.8 Å². The Labute approximate surface area is 219 Å². The number of halogens is 1. The molecule has 4 rings (SSSR count). The summed E-state index contributed by atoms with van der Waals surface area (Å²) in [6.45, 7) is 12.1. The molecule has 1 unspecified atom stereocenters. The Bertz CT molecular complexity index is 1070. The van der Waals surface area contributed by atoms with E-state index in [1.54, 1.807) is 0 Å². The standard InChI is InChI=1S/C27H39ClN4O4/c1-18-12-23(13-19(2)26(18)28)35-17-27(14-25(34)32-8-6-22(33)7-9-32)16-31(10-11-36-27)15-24-20(3)29-30(5)21(24)4/h12-13,22,33H,6-11,14-17H2,1-5H3. The normalized spacial score (nSPS) is 21.7. The summed E-state index contributed by atoms with van der Waals surface area (Å²) in [4.78, 5) is 17.6. The van der Waals surface area contributed by atoms with Crippen LogP contribution in [0.25, 0.3) is 0 Å². The topological polar surface area (TPSA) is 80.1 Å². The van der Waals surface area contributed by atoms with Gasteiger partial charge in [-0.1, -0.05) is 11.6 Å². The van der Waals surface area contributed by atoms with E-state index in [9.17, 15) is 9.90 Å². The van der Waals surface area contributed by atoms with Crippen molar-refractivity contribution < 1.29 is 19.4 Å². The van der Waals surface area contributed by atoms with Crippen LogP contribution < -0.4 is 4.74 Å². The lowest BCUT2D eigenvalue weighted by molar-refractivity contribution is -0.158. The van der Waals surface area contributed by atoms with Gasteiger partial charge in [0.1, 0.15) is 18.0 Å². The molecule has 2 fully saturated rings. The van der Waals surface area contributed by atoms with Crippen LogP contribution in [0.1, 0.15) is 47.3 Å². The molecule has 2 aliphatic rings. The fraction of sp³-hybridized carbons (Fsp3) is 0.630. The minimum Gasteiger partial charge on any atom is -0.490 e. The predicted octanol–water partition coefficient (Wildman–Crippen LogP) is 3.33. The van der Waals surface area contributed by atoms with Crippen molar-refractivity contribution in [2.45, 2.75) is 65.2 Å². The SMILES string of the molecule is Cc1cc(OCC2(CC(=O)N3CCC(O)CC3)CN(Cc3c(C)nn(C)c3C)CCO2)cc(C)c1Cl. The van der Waals surface area contributed by atoms with Crippen LogP contribution in [0.3, 0.4) is 0 Å². The van der Waals surface area contributed by atoms with Crippen LogP contribution in [0.15, 0.2) is 12.1 Å². The maximum Gasteiger partial charge on any atom is 0.225 e. The summed E-state index contributed by atoms with van der Waals surface area (Å²) in [6.07, 6.45) is 1.14. The molecule has 1 aromatic heterocycles. The smallest absolute Gasteiger partial charge is 0.225 e. The third-order valence-electron chi connectivity index (χ3n) is 7.57. The molecule has 9 heteroatoms. The Hall–Kier alpha value is -2.13. The molecule has 1 aromatic carbocycles. The highest BCUT2D eigenvalue weighted by Gasteiger charge is 2.41. The van der Waals surface area contributed by atoms with Crippen molar-refractivity contribution in [3.05, 3.63) is 45.2 Å². The summed E-state index contributed by atoms with van der Waals surface area (Å²) in [7, 11) is 1.97. The summed E-state index contributed by atoms with van der Waals surface area (Å²) in [5, 5.41) is 15.2. The Kier molecular flexibility index (Phi) is 8.29. The lowest BCUT2D eigenvalue weighted by Gasteiger charge is -2.43. The van der Waals surface area contributed by atoms with E-state index in [1.807, 2.05) is 49.5 Å². The van der Waals surface area contributed by atoms with E-state index in [0.29, 0.717) is 39.1 Å². The molecule has 0 saturated carbocycles. The number of amides is 1. The molecule has 8 nitrogen and oxygen atoms in total. The number of morpholine rings is 1. The molecule has 3 heterocycles. The number of rotatable bonds is 7. The van der Waals surface area contributed by atoms with Crippen molar-refractivity contribution >= 4 is 17.5 Å². The molecule has 0 radical (unpaired) electrons. The zero-order chi connectivity index (χ0) is 26.0. The van der Waals surface area contributed by atoms with Crippen molar-refractivity contribution in [2.24, 2.45) is 7.05 Å². The molecule has 198 valence electrons. The monoisotopic (exact) mass is 518 g/mol. The number of hydrogen-bond acceptors (Lipinski definition) is 6. The zero-order valence-corrected chi connectivity index (χ0v) is 22.9. The fourth-order valence-electron chi connectivity index (χ4n) is 5.28. The molecule has 0 bridgehead atoms. The van der Waals surface area contributed by atoms with Crippen LogP contribution in [0.4, 0.5) is 0 Å². The van der Waals surface area contributed by atoms with E-state index in [1.165, 1.54) is 5.56 Å². The first-order valence-electron chi connectivity index (χ1n) is 12.8. The van der Waals surface area contributed by atoms with Gasteiger partial charge in [0.2, 0.25) is 5.91 Å². The van der Waals surface area contributed by atoms with Crippen LogP contribution in [0.2, 0.25) is 5.02 Å². The summed E-state index contributed by atoms with van der Waals surface area (Å²) in [5.74, 6) is 0.770. The van der Waals surface area contributed by atoms with Crippen molar-refractivity contribution in [2.75, 3.05) is 39.4 Å². The number of nitrogens with zero attached hydrogens (tertiary/aromatic N) is 4. The van der Waals surface area contributed by atoms with Crippen LogP contribution in [0.5, 0.6) is 5.75 Å². The molecule has 2 saturated heterocycles. The van der Waals surface area contributed by atoms with Gasteiger partial charge >= 0.3 is 0 Å². The van der Waals surface area contributed by atoms with Crippen molar-refractivity contribution in [1.82, 2.24) is 19.6 Å². The van der Waals surface area contributed by atoms with Gasteiger partial charge in [0.15, 0.2) is 0 Å². The predicted molar refractivity (Wildman–Crippen MR) is 140 cm³/mol. The zero-order valence-electron chi connectivity index (χ0n) is 22.1. The fourth-order valence-corrected chi connectivity index (χ4v) is 5.39. The Balaban J connectivity index is 1.54. The molecule has 1 atom stereocenters. The van der Waals surface area contributed by atoms with Gasteiger partial charge in [-0.25, -0.2) is 0 Å². The molecule has 2 aliphatic heterocycles. The van der Waals surface area contributed by atoms with Gasteiger partial charge in [0.25, 0.3) is 0 Å². The Morgan fingerprint density at radius 3 is 2.47 bits per heavy atom. The highest BCUT2D eigenvalue weighted by Crippen LogP contribution is 2.30. The van der Waals surface area contributed by atoms with Gasteiger partial charge in [-0.2, -0.15) is 5.10 Å². The van der Waals surface area contributed by atoms with E-state index >= 15 is 0 Å². The van der Waals surface area contributed by atoms with Gasteiger partial charge < -0.3 is 19.5 Å². The number of benzene rings is 1. The molecule has 36 heavy (non-hydrogen) atoms. The quantitative estimate of drug-likeness (QED) is 0.605. The van der Waals surface area contributed by atoms with Crippen LogP contribution in [-0.4, -0.2) is 81.7 Å². The second-order valence-corrected chi connectivity index (χ2v) is 10.8. The van der Waals surface area contributed by atoms with E-state index in [4.69, 9.17) is 21.1 Å². The summed E-state index contributed by atoms with van der Waals surface area (Å²) >= 11 is 6.35. The van der Waals surface area contributed by atoms with E-state index in [2.05, 4.69) is 16.9 Å². The summed E-state index contributed by atoms with van der Waals surface area (Å²) in [6, 6.07) is 3.86. The molecule has 2 aromatic rings. The number of ether oxygens (including phenoxy) is 2. The van der Waals surface area contributed by atoms with E-state index < -0.39 is 5.60 Å². The first-order chi connectivity index (χ1) is 17.1. The molecular weight excluding hydrogens is 480 g/mol. The number of aliphatic hydroxyl groups is 1. The average molecular weight is 519 g/mol. The number of aryl methyl sites for hydroxylation is 4. The second-order valence-electron chi connectivity index (χ2n) is 10.5. The maximum absolute atomic E-state index is 13.4. The van der Waals surface area contributed by atoms with Crippen LogP contribution in [0, 0.1) is 27.7 Å². The van der Waals surface area contributed by atoms with Crippen molar-refractivity contribution in [1.29, 1.82) is 0 Å². The van der Waals surface area contributed by atoms with Gasteiger partial charge in [0.05, 0.1) is 24.8 Å². The highest BCUT2D eigenvalue weighted by atomic mass is 35.5. The third kappa shape index (κ3) is 6.05. The number of piperidine rings is 1. The second kappa shape index (κ2) is 11.1. The largest absolute Gasteiger partial charge is 0.490 e. The molecule has 0 aliphatic carbocycles. The number of carbonyl (C=O) groups is 1. The summed E-state index contributed by atoms with van der Waals surface area (Å²) in [5.41, 5.74) is 4.52. The summed E-state index contributed by atoms with van der Waals surface area (Å²) < 4.78 is 14.6. The minimum absolute atomic E-state index is 0.0459. The molecule has 1 N–H and O–H groups in total. The van der Waals surface area contributed by atoms with E-state index in [-0.39, 0.29) is 25.0 Å². The minimum atomic E-state index is -0.781. The lowest BCUT2D eigenvalue weighted by Crippen LogP contribution is -2.57. The third-order valence-corrected chi connectivity index (χ3v) is 8.17. The molecule has 0 spiro atoms. The van der Waals surface area contributed by atoms with Gasteiger partial charge in [-0.15, -0.1) is 0 Å². The van der Waals surface area contributed by atoms with Crippen LogP contribution >= 0.6 is 11.6 Å². The number of likely N-dealkylation sites (tertiary alicyclic amines) is 1. The van der Waals surface area contributed by atoms with Crippen LogP contribution in [-0.2, 0) is 23.1 Å². The number of aliphatic hydroxyl groups excluding tert-OH is 1. The van der Waals surface area contributed by atoms with E-state index in [0.717, 1.165) is 46.4 Å². The number of hydrogen-bond donors (Lipinski definition) is 1. The van der Waals surface area contributed by atoms with Gasteiger partial charge in [-0.3, -0.25) is 14.4 Å². The van der Waals surface area contributed by atoms with Gasteiger partial charge in [0, 0.05) is 56.1 Å².